The molecule has 2 aromatic carbocycles. The molecule has 2 heterocycles. The van der Waals surface area contributed by atoms with Gasteiger partial charge in [0.25, 0.3) is 11.8 Å². The van der Waals surface area contributed by atoms with E-state index in [1.54, 1.807) is 12.1 Å². The normalized spacial score (nSPS) is 15.4. The zero-order valence-corrected chi connectivity index (χ0v) is 20.8. The van der Waals surface area contributed by atoms with Crippen LogP contribution in [-0.4, -0.2) is 18.9 Å². The largest absolute Gasteiger partial charge is 0.490 e. The van der Waals surface area contributed by atoms with Gasteiger partial charge in [0.05, 0.1) is 31.1 Å². The third-order valence-electron chi connectivity index (χ3n) is 5.48. The predicted octanol–water partition coefficient (Wildman–Crippen LogP) is 6.19. The van der Waals surface area contributed by atoms with Gasteiger partial charge in [-0.1, -0.05) is 54.2 Å². The van der Waals surface area contributed by atoms with Gasteiger partial charge < -0.3 is 15.4 Å². The molecule has 2 N–H and O–H groups in total. The number of allylic oxidation sites excluding steroid dienone is 1. The third-order valence-corrected chi connectivity index (χ3v) is 7.60. The van der Waals surface area contributed by atoms with Crippen LogP contribution in [0, 0.1) is 18.3 Å². The number of amides is 2. The van der Waals surface area contributed by atoms with Crippen molar-refractivity contribution in [3.05, 3.63) is 104 Å². The van der Waals surface area contributed by atoms with E-state index in [4.69, 9.17) is 4.74 Å². The molecule has 0 fully saturated rings. The molecule has 0 saturated carbocycles. The van der Waals surface area contributed by atoms with Gasteiger partial charge in [0, 0.05) is 26.7 Å². The maximum atomic E-state index is 13.7. The van der Waals surface area contributed by atoms with Gasteiger partial charge >= 0.3 is 0 Å². The summed E-state index contributed by atoms with van der Waals surface area (Å²) in [6.07, 6.45) is 0.0174. The van der Waals surface area contributed by atoms with Crippen molar-refractivity contribution in [3.63, 3.8) is 0 Å². The van der Waals surface area contributed by atoms with Crippen LogP contribution >= 0.6 is 23.1 Å². The average molecular weight is 502 g/mol. The number of thiophene rings is 1. The summed E-state index contributed by atoms with van der Waals surface area (Å²) >= 11 is 2.60. The Bertz CT molecular complexity index is 1340. The smallest absolute Gasteiger partial charge is 0.256 e. The van der Waals surface area contributed by atoms with Crippen molar-refractivity contribution in [1.29, 1.82) is 5.26 Å². The quantitative estimate of drug-likeness (QED) is 0.403. The molecule has 0 aliphatic carbocycles. The highest BCUT2D eigenvalue weighted by atomic mass is 32.2. The molecule has 6 nitrogen and oxygen atoms in total. The fourth-order valence-corrected chi connectivity index (χ4v) is 5.77. The molecule has 176 valence electrons. The highest BCUT2D eigenvalue weighted by molar-refractivity contribution is 8.06. The van der Waals surface area contributed by atoms with Gasteiger partial charge in [-0.3, -0.25) is 9.59 Å². The SMILES string of the molecule is COC1=C(C(=O)Nc2ccccc2)[C@H](c2cccs2)C(C(=O)Nc2ccccc2C)=C(CC#N)S1. The van der Waals surface area contributed by atoms with Gasteiger partial charge in [0.1, 0.15) is 0 Å². The first kappa shape index (κ1) is 24.3. The molecule has 4 rings (SSSR count). The van der Waals surface area contributed by atoms with Gasteiger partial charge in [0.2, 0.25) is 0 Å². The minimum atomic E-state index is -0.692. The molecular formula is C27H23N3O3S2. The molecule has 8 heteroatoms. The van der Waals surface area contributed by atoms with Crippen LogP contribution in [-0.2, 0) is 14.3 Å². The van der Waals surface area contributed by atoms with E-state index in [0.717, 1.165) is 22.2 Å². The van der Waals surface area contributed by atoms with Gasteiger partial charge in [-0.05, 0) is 42.1 Å². The van der Waals surface area contributed by atoms with Crippen LogP contribution < -0.4 is 10.6 Å². The molecule has 1 aromatic heterocycles. The Hall–Kier alpha value is -3.80. The highest BCUT2D eigenvalue weighted by Gasteiger charge is 2.40. The zero-order chi connectivity index (χ0) is 24.8. The molecule has 1 aliphatic heterocycles. The second kappa shape index (κ2) is 11.1. The van der Waals surface area contributed by atoms with E-state index in [-0.39, 0.29) is 18.2 Å². The van der Waals surface area contributed by atoms with E-state index >= 15 is 0 Å². The first-order valence-corrected chi connectivity index (χ1v) is 12.6. The van der Waals surface area contributed by atoms with Crippen molar-refractivity contribution in [2.24, 2.45) is 0 Å². The number of thioether (sulfide) groups is 1. The number of rotatable bonds is 7. The molecule has 1 aliphatic rings. The molecule has 2 amide bonds. The Kier molecular flexibility index (Phi) is 7.70. The third kappa shape index (κ3) is 5.32. The average Bonchev–Trinajstić information content (AvgIpc) is 3.40. The van der Waals surface area contributed by atoms with Crippen molar-refractivity contribution in [2.75, 3.05) is 17.7 Å². The molecule has 0 saturated heterocycles. The predicted molar refractivity (Wildman–Crippen MR) is 141 cm³/mol. The van der Waals surface area contributed by atoms with Gasteiger partial charge in [-0.2, -0.15) is 5.26 Å². The zero-order valence-electron chi connectivity index (χ0n) is 19.2. The molecule has 3 aromatic rings. The van der Waals surface area contributed by atoms with E-state index in [0.29, 0.717) is 32.5 Å². The number of hydrogen-bond donors (Lipinski definition) is 2. The summed E-state index contributed by atoms with van der Waals surface area (Å²) in [5.41, 5.74) is 2.93. The number of carbonyl (C=O) groups is 2. The Labute approximate surface area is 212 Å². The Morgan fingerprint density at radius 3 is 2.34 bits per heavy atom. The number of nitrogens with one attached hydrogen (secondary N) is 2. The number of hydrogen-bond acceptors (Lipinski definition) is 6. The minimum Gasteiger partial charge on any atom is -0.490 e. The topological polar surface area (TPSA) is 91.2 Å². The lowest BCUT2D eigenvalue weighted by molar-refractivity contribution is -0.113. The number of methoxy groups -OCH3 is 1. The molecular weight excluding hydrogens is 478 g/mol. The molecule has 0 bridgehead atoms. The van der Waals surface area contributed by atoms with E-state index in [2.05, 4.69) is 16.7 Å². The number of aryl methyl sites for hydroxylation is 1. The van der Waals surface area contributed by atoms with Crippen LogP contribution in [0.5, 0.6) is 0 Å². The number of anilines is 2. The molecule has 0 spiro atoms. The number of para-hydroxylation sites is 2. The standard InChI is InChI=1S/C27H23N3O3S2/c1-17-9-6-7-12-19(17)30-25(31)23-21(14-15-28)35-27(33-2)24(22(23)20-13-8-16-34-20)26(32)29-18-10-4-3-5-11-18/h3-13,16,22H,14H2,1-2H3,(H,29,32)(H,30,31)/t22-/m1/s1. The number of nitriles is 1. The summed E-state index contributed by atoms with van der Waals surface area (Å²) in [6.45, 7) is 1.91. The Balaban J connectivity index is 1.82. The number of carbonyl (C=O) groups excluding carboxylic acids is 2. The summed E-state index contributed by atoms with van der Waals surface area (Å²) in [5, 5.41) is 17.7. The first-order valence-electron chi connectivity index (χ1n) is 10.9. The van der Waals surface area contributed by atoms with Crippen LogP contribution in [0.4, 0.5) is 11.4 Å². The molecule has 0 unspecified atom stereocenters. The number of ether oxygens (including phenoxy) is 1. The molecule has 1 atom stereocenters. The van der Waals surface area contributed by atoms with Crippen molar-refractivity contribution in [1.82, 2.24) is 0 Å². The maximum Gasteiger partial charge on any atom is 0.256 e. The molecule has 35 heavy (non-hydrogen) atoms. The minimum absolute atomic E-state index is 0.0174. The summed E-state index contributed by atoms with van der Waals surface area (Å²) in [5.74, 6) is -1.41. The van der Waals surface area contributed by atoms with Crippen LogP contribution in [0.1, 0.15) is 22.8 Å². The molecule has 0 radical (unpaired) electrons. The van der Waals surface area contributed by atoms with Crippen LogP contribution in [0.15, 0.2) is 93.3 Å². The van der Waals surface area contributed by atoms with Crippen molar-refractivity contribution in [2.45, 2.75) is 19.3 Å². The van der Waals surface area contributed by atoms with Crippen LogP contribution in [0.25, 0.3) is 0 Å². The number of benzene rings is 2. The van der Waals surface area contributed by atoms with Gasteiger partial charge in [0.15, 0.2) is 5.09 Å². The van der Waals surface area contributed by atoms with Gasteiger partial charge in [-0.25, -0.2) is 0 Å². The lowest BCUT2D eigenvalue weighted by Gasteiger charge is -2.30. The Morgan fingerprint density at radius 2 is 1.69 bits per heavy atom. The monoisotopic (exact) mass is 501 g/mol. The second-order valence-corrected chi connectivity index (χ2v) is 9.76. The summed E-state index contributed by atoms with van der Waals surface area (Å²) in [4.78, 5) is 28.7. The van der Waals surface area contributed by atoms with Crippen LogP contribution in [0.2, 0.25) is 0 Å². The maximum absolute atomic E-state index is 13.7. The van der Waals surface area contributed by atoms with Crippen molar-refractivity contribution in [3.8, 4) is 6.07 Å². The first-order chi connectivity index (χ1) is 17.0. The number of nitrogens with zero attached hydrogens (tertiary/aromatic N) is 1. The van der Waals surface area contributed by atoms with E-state index < -0.39 is 5.92 Å². The van der Waals surface area contributed by atoms with E-state index in [1.165, 1.54) is 18.4 Å². The lowest BCUT2D eigenvalue weighted by atomic mass is 9.87. The summed E-state index contributed by atoms with van der Waals surface area (Å²) < 4.78 is 5.64. The Morgan fingerprint density at radius 1 is 0.971 bits per heavy atom. The van der Waals surface area contributed by atoms with Crippen molar-refractivity contribution < 1.29 is 14.3 Å². The van der Waals surface area contributed by atoms with Crippen LogP contribution in [0.3, 0.4) is 0 Å². The fraction of sp³-hybridized carbons (Fsp3) is 0.148. The lowest BCUT2D eigenvalue weighted by Crippen LogP contribution is -2.30. The fourth-order valence-electron chi connectivity index (χ4n) is 3.84. The second-order valence-electron chi connectivity index (χ2n) is 7.72. The van der Waals surface area contributed by atoms with E-state index in [9.17, 15) is 14.9 Å². The van der Waals surface area contributed by atoms with E-state index in [1.807, 2.05) is 66.9 Å². The summed E-state index contributed by atoms with van der Waals surface area (Å²) in [6, 6.07) is 22.5. The van der Waals surface area contributed by atoms with Gasteiger partial charge in [-0.15, -0.1) is 11.3 Å². The summed E-state index contributed by atoms with van der Waals surface area (Å²) in [7, 11) is 1.49. The highest BCUT2D eigenvalue weighted by Crippen LogP contribution is 2.49. The van der Waals surface area contributed by atoms with Crippen molar-refractivity contribution >= 4 is 46.3 Å².